The van der Waals surface area contributed by atoms with E-state index in [9.17, 15) is 4.39 Å². The Bertz CT molecular complexity index is 526. The van der Waals surface area contributed by atoms with E-state index >= 15 is 0 Å². The number of hydrogen-bond acceptors (Lipinski definition) is 3. The molecule has 0 aliphatic carbocycles. The van der Waals surface area contributed by atoms with Gasteiger partial charge in [0.05, 0.1) is 23.6 Å². The van der Waals surface area contributed by atoms with Crippen LogP contribution in [0.15, 0.2) is 36.4 Å². The van der Waals surface area contributed by atoms with Crippen LogP contribution in [0.1, 0.15) is 11.4 Å². The molecular weight excluding hydrogens is 217 g/mol. The normalized spacial score (nSPS) is 10.2. The zero-order valence-corrected chi connectivity index (χ0v) is 9.57. The first-order chi connectivity index (χ1) is 8.15. The first kappa shape index (κ1) is 11.4. The fraction of sp³-hybridized carbons (Fsp3) is 0.154. The number of rotatable bonds is 3. The topological polar surface area (TPSA) is 50.9 Å². The number of anilines is 2. The van der Waals surface area contributed by atoms with Crippen LogP contribution in [0.4, 0.5) is 15.8 Å². The number of halogens is 1. The van der Waals surface area contributed by atoms with Gasteiger partial charge in [0.15, 0.2) is 0 Å². The predicted molar refractivity (Wildman–Crippen MR) is 67.1 cm³/mol. The standard InChI is InChI=1S/C13H14FN3/c1-9-3-2-4-11(17-9)8-16-13-6-5-10(14)7-12(13)15/h2-7,16H,8,15H2,1H3. The van der Waals surface area contributed by atoms with E-state index < -0.39 is 0 Å². The molecule has 0 spiro atoms. The van der Waals surface area contributed by atoms with E-state index in [0.717, 1.165) is 17.1 Å². The Hall–Kier alpha value is -2.10. The minimum atomic E-state index is -0.332. The number of hydrogen-bond donors (Lipinski definition) is 2. The van der Waals surface area contributed by atoms with Gasteiger partial charge in [0.2, 0.25) is 0 Å². The number of aryl methyl sites for hydroxylation is 1. The average Bonchev–Trinajstić information content (AvgIpc) is 2.28. The number of nitrogens with one attached hydrogen (secondary N) is 1. The van der Waals surface area contributed by atoms with Crippen LogP contribution in [0.25, 0.3) is 0 Å². The van der Waals surface area contributed by atoms with Gasteiger partial charge in [-0.1, -0.05) is 6.07 Å². The summed E-state index contributed by atoms with van der Waals surface area (Å²) >= 11 is 0. The molecule has 3 N–H and O–H groups in total. The maximum Gasteiger partial charge on any atom is 0.125 e. The van der Waals surface area contributed by atoms with E-state index in [-0.39, 0.29) is 5.82 Å². The maximum absolute atomic E-state index is 12.8. The highest BCUT2D eigenvalue weighted by Crippen LogP contribution is 2.19. The summed E-state index contributed by atoms with van der Waals surface area (Å²) in [6.45, 7) is 2.51. The summed E-state index contributed by atoms with van der Waals surface area (Å²) < 4.78 is 12.8. The van der Waals surface area contributed by atoms with Crippen molar-refractivity contribution in [3.8, 4) is 0 Å². The second-order valence-corrected chi connectivity index (χ2v) is 3.86. The van der Waals surface area contributed by atoms with Crippen molar-refractivity contribution in [3.05, 3.63) is 53.6 Å². The molecule has 0 amide bonds. The fourth-order valence-electron chi connectivity index (χ4n) is 1.58. The molecule has 0 atom stereocenters. The minimum absolute atomic E-state index is 0.332. The van der Waals surface area contributed by atoms with Gasteiger partial charge in [-0.3, -0.25) is 4.98 Å². The Labute approximate surface area is 99.5 Å². The van der Waals surface area contributed by atoms with Crippen LogP contribution >= 0.6 is 0 Å². The zero-order valence-electron chi connectivity index (χ0n) is 9.57. The highest BCUT2D eigenvalue weighted by Gasteiger charge is 2.01. The Morgan fingerprint density at radius 2 is 2.12 bits per heavy atom. The molecule has 1 aromatic carbocycles. The molecule has 17 heavy (non-hydrogen) atoms. The average molecular weight is 231 g/mol. The molecule has 1 heterocycles. The molecule has 88 valence electrons. The molecular formula is C13H14FN3. The number of benzene rings is 1. The fourth-order valence-corrected chi connectivity index (χ4v) is 1.58. The van der Waals surface area contributed by atoms with Gasteiger partial charge in [-0.25, -0.2) is 4.39 Å². The molecule has 2 aromatic rings. The molecule has 0 fully saturated rings. The van der Waals surface area contributed by atoms with Crippen LogP contribution in [0.2, 0.25) is 0 Å². The van der Waals surface area contributed by atoms with E-state index in [4.69, 9.17) is 5.73 Å². The lowest BCUT2D eigenvalue weighted by atomic mass is 10.2. The third kappa shape index (κ3) is 2.93. The lowest BCUT2D eigenvalue weighted by Crippen LogP contribution is -2.04. The van der Waals surface area contributed by atoms with Crippen LogP contribution in [0.3, 0.4) is 0 Å². The second kappa shape index (κ2) is 4.82. The van der Waals surface area contributed by atoms with E-state index in [1.165, 1.54) is 12.1 Å². The van der Waals surface area contributed by atoms with Crippen LogP contribution in [-0.2, 0) is 6.54 Å². The first-order valence-corrected chi connectivity index (χ1v) is 5.36. The Kier molecular flexibility index (Phi) is 3.23. The van der Waals surface area contributed by atoms with Crippen molar-refractivity contribution in [2.75, 3.05) is 11.1 Å². The largest absolute Gasteiger partial charge is 0.397 e. The summed E-state index contributed by atoms with van der Waals surface area (Å²) in [5.74, 6) is -0.332. The minimum Gasteiger partial charge on any atom is -0.397 e. The summed E-state index contributed by atoms with van der Waals surface area (Å²) in [4.78, 5) is 4.36. The highest BCUT2D eigenvalue weighted by atomic mass is 19.1. The second-order valence-electron chi connectivity index (χ2n) is 3.86. The predicted octanol–water partition coefficient (Wildman–Crippen LogP) is 2.72. The Balaban J connectivity index is 2.07. The van der Waals surface area contributed by atoms with Crippen molar-refractivity contribution >= 4 is 11.4 Å². The van der Waals surface area contributed by atoms with Crippen molar-refractivity contribution in [1.82, 2.24) is 4.98 Å². The van der Waals surface area contributed by atoms with Crippen LogP contribution < -0.4 is 11.1 Å². The maximum atomic E-state index is 12.8. The van der Waals surface area contributed by atoms with Gasteiger partial charge in [-0.05, 0) is 37.3 Å². The van der Waals surface area contributed by atoms with E-state index in [0.29, 0.717) is 12.2 Å². The number of nitrogen functional groups attached to an aromatic ring is 1. The monoisotopic (exact) mass is 231 g/mol. The third-order valence-electron chi connectivity index (χ3n) is 2.42. The third-order valence-corrected chi connectivity index (χ3v) is 2.42. The Morgan fingerprint density at radius 1 is 1.29 bits per heavy atom. The number of nitrogens with zero attached hydrogens (tertiary/aromatic N) is 1. The smallest absolute Gasteiger partial charge is 0.125 e. The molecule has 4 heteroatoms. The lowest BCUT2D eigenvalue weighted by Gasteiger charge is -2.09. The van der Waals surface area contributed by atoms with Crippen molar-refractivity contribution in [3.63, 3.8) is 0 Å². The molecule has 3 nitrogen and oxygen atoms in total. The Morgan fingerprint density at radius 3 is 2.82 bits per heavy atom. The quantitative estimate of drug-likeness (QED) is 0.798. The van der Waals surface area contributed by atoms with Gasteiger partial charge in [0, 0.05) is 5.69 Å². The molecule has 0 saturated heterocycles. The van der Waals surface area contributed by atoms with Crippen molar-refractivity contribution in [2.24, 2.45) is 0 Å². The van der Waals surface area contributed by atoms with Crippen molar-refractivity contribution in [1.29, 1.82) is 0 Å². The van der Waals surface area contributed by atoms with Gasteiger partial charge < -0.3 is 11.1 Å². The summed E-state index contributed by atoms with van der Waals surface area (Å²) in [7, 11) is 0. The van der Waals surface area contributed by atoms with E-state index in [1.54, 1.807) is 6.07 Å². The van der Waals surface area contributed by atoms with Crippen LogP contribution in [0, 0.1) is 12.7 Å². The summed E-state index contributed by atoms with van der Waals surface area (Å²) in [6, 6.07) is 10.1. The molecule has 0 bridgehead atoms. The van der Waals surface area contributed by atoms with Crippen LogP contribution in [0.5, 0.6) is 0 Å². The highest BCUT2D eigenvalue weighted by molar-refractivity contribution is 5.65. The van der Waals surface area contributed by atoms with Gasteiger partial charge in [0.25, 0.3) is 0 Å². The van der Waals surface area contributed by atoms with Crippen molar-refractivity contribution in [2.45, 2.75) is 13.5 Å². The van der Waals surface area contributed by atoms with Gasteiger partial charge in [0.1, 0.15) is 5.82 Å². The SMILES string of the molecule is Cc1cccc(CNc2ccc(F)cc2N)n1. The number of pyridine rings is 1. The molecule has 2 rings (SSSR count). The van der Waals surface area contributed by atoms with Gasteiger partial charge in [-0.2, -0.15) is 0 Å². The van der Waals surface area contributed by atoms with Crippen molar-refractivity contribution < 1.29 is 4.39 Å². The summed E-state index contributed by atoms with van der Waals surface area (Å²) in [6.07, 6.45) is 0. The number of nitrogens with two attached hydrogens (primary N) is 1. The first-order valence-electron chi connectivity index (χ1n) is 5.36. The lowest BCUT2D eigenvalue weighted by molar-refractivity contribution is 0.628. The summed E-state index contributed by atoms with van der Waals surface area (Å²) in [5.41, 5.74) is 8.70. The van der Waals surface area contributed by atoms with E-state index in [2.05, 4.69) is 10.3 Å². The molecule has 0 radical (unpaired) electrons. The van der Waals surface area contributed by atoms with E-state index in [1.807, 2.05) is 25.1 Å². The molecule has 0 unspecified atom stereocenters. The zero-order chi connectivity index (χ0) is 12.3. The molecule has 1 aromatic heterocycles. The number of aromatic nitrogens is 1. The van der Waals surface area contributed by atoms with Gasteiger partial charge >= 0.3 is 0 Å². The molecule has 0 saturated carbocycles. The molecule has 0 aliphatic heterocycles. The van der Waals surface area contributed by atoms with Gasteiger partial charge in [-0.15, -0.1) is 0 Å². The summed E-state index contributed by atoms with van der Waals surface area (Å²) in [5, 5.41) is 3.13. The van der Waals surface area contributed by atoms with Crippen LogP contribution in [-0.4, -0.2) is 4.98 Å². The molecule has 0 aliphatic rings.